The molecule has 24 heavy (non-hydrogen) atoms. The summed E-state index contributed by atoms with van der Waals surface area (Å²) in [5, 5.41) is 3.77. The maximum atomic E-state index is 12.1. The Morgan fingerprint density at radius 1 is 1.08 bits per heavy atom. The summed E-state index contributed by atoms with van der Waals surface area (Å²) in [7, 11) is 1.63. The average molecular weight is 368 g/mol. The summed E-state index contributed by atoms with van der Waals surface area (Å²) < 4.78 is 10.7. The third kappa shape index (κ3) is 5.62. The molecule has 128 valence electrons. The quantitative estimate of drug-likeness (QED) is 0.800. The zero-order chi connectivity index (χ0) is 17.5. The number of methoxy groups -OCH3 is 1. The van der Waals surface area contributed by atoms with Crippen LogP contribution in [0.4, 0.5) is 0 Å². The molecule has 0 saturated carbocycles. The van der Waals surface area contributed by atoms with Crippen LogP contribution in [0.5, 0.6) is 11.5 Å². The van der Waals surface area contributed by atoms with Crippen molar-refractivity contribution in [1.29, 1.82) is 0 Å². The van der Waals surface area contributed by atoms with E-state index in [4.69, 9.17) is 32.7 Å². The van der Waals surface area contributed by atoms with E-state index in [0.717, 1.165) is 17.7 Å². The first-order chi connectivity index (χ1) is 11.5. The number of nitrogens with one attached hydrogen (secondary N) is 1. The van der Waals surface area contributed by atoms with Crippen molar-refractivity contribution < 1.29 is 14.3 Å². The third-order valence-corrected chi connectivity index (χ3v) is 3.83. The molecule has 0 aliphatic carbocycles. The third-order valence-electron chi connectivity index (χ3n) is 3.39. The fourth-order valence-corrected chi connectivity index (χ4v) is 2.63. The van der Waals surface area contributed by atoms with E-state index in [1.54, 1.807) is 32.2 Å². The van der Waals surface area contributed by atoms with Gasteiger partial charge in [-0.05, 0) is 49.2 Å². The van der Waals surface area contributed by atoms with Crippen molar-refractivity contribution in [2.45, 2.75) is 19.4 Å². The molecule has 0 unspecified atom stereocenters. The van der Waals surface area contributed by atoms with Crippen LogP contribution in [-0.2, 0) is 11.2 Å². The van der Waals surface area contributed by atoms with E-state index in [1.165, 1.54) is 0 Å². The number of ether oxygens (including phenoxy) is 2. The first-order valence-corrected chi connectivity index (χ1v) is 8.27. The van der Waals surface area contributed by atoms with Crippen molar-refractivity contribution in [3.05, 3.63) is 58.1 Å². The molecule has 4 nitrogen and oxygen atoms in total. The Labute approximate surface area is 151 Å². The van der Waals surface area contributed by atoms with Crippen molar-refractivity contribution >= 4 is 29.1 Å². The highest BCUT2D eigenvalue weighted by atomic mass is 35.5. The molecule has 1 amide bonds. The van der Waals surface area contributed by atoms with E-state index in [9.17, 15) is 4.79 Å². The Morgan fingerprint density at radius 3 is 2.29 bits per heavy atom. The number of carbonyl (C=O) groups excluding carboxylic acids is 1. The second-order valence-corrected chi connectivity index (χ2v) is 6.13. The molecule has 0 saturated heterocycles. The smallest absolute Gasteiger partial charge is 0.260 e. The summed E-state index contributed by atoms with van der Waals surface area (Å²) in [5.41, 5.74) is 1.12. The van der Waals surface area contributed by atoms with Crippen LogP contribution < -0.4 is 14.8 Å². The fraction of sp³-hybridized carbons (Fsp3) is 0.278. The number of hydrogen-bond donors (Lipinski definition) is 1. The van der Waals surface area contributed by atoms with E-state index in [0.29, 0.717) is 22.3 Å². The summed E-state index contributed by atoms with van der Waals surface area (Å²) >= 11 is 11.8. The normalized spacial score (nSPS) is 11.7. The topological polar surface area (TPSA) is 47.6 Å². The van der Waals surface area contributed by atoms with Crippen molar-refractivity contribution in [3.63, 3.8) is 0 Å². The van der Waals surface area contributed by atoms with Gasteiger partial charge < -0.3 is 14.8 Å². The summed E-state index contributed by atoms with van der Waals surface area (Å²) in [6.45, 7) is 2.20. The highest BCUT2D eigenvalue weighted by Gasteiger charge is 2.14. The van der Waals surface area contributed by atoms with Gasteiger partial charge in [0, 0.05) is 16.6 Å². The molecular formula is C18H19Cl2NO3. The predicted molar refractivity (Wildman–Crippen MR) is 96.3 cm³/mol. The van der Waals surface area contributed by atoms with Crippen molar-refractivity contribution in [2.24, 2.45) is 0 Å². The first-order valence-electron chi connectivity index (χ1n) is 7.51. The molecule has 0 heterocycles. The maximum absolute atomic E-state index is 12.1. The lowest BCUT2D eigenvalue weighted by Gasteiger charge is -2.15. The minimum Gasteiger partial charge on any atom is -0.497 e. The number of benzene rings is 2. The van der Waals surface area contributed by atoms with E-state index in [-0.39, 0.29) is 5.91 Å². The second kappa shape index (κ2) is 8.81. The molecule has 0 fully saturated rings. The van der Waals surface area contributed by atoms with Gasteiger partial charge in [0.2, 0.25) is 0 Å². The number of carbonyl (C=O) groups is 1. The molecule has 6 heteroatoms. The van der Waals surface area contributed by atoms with Gasteiger partial charge in [-0.1, -0.05) is 35.3 Å². The molecule has 2 rings (SSSR count). The number of hydrogen-bond acceptors (Lipinski definition) is 3. The Bertz CT molecular complexity index is 669. The molecule has 0 aromatic heterocycles. The van der Waals surface area contributed by atoms with E-state index in [2.05, 4.69) is 5.32 Å². The number of halogens is 2. The fourth-order valence-electron chi connectivity index (χ4n) is 2.12. The Morgan fingerprint density at radius 2 is 1.71 bits per heavy atom. The Kier molecular flexibility index (Phi) is 6.76. The summed E-state index contributed by atoms with van der Waals surface area (Å²) in [5.74, 6) is 1.08. The summed E-state index contributed by atoms with van der Waals surface area (Å²) in [4.78, 5) is 12.1. The Balaban J connectivity index is 1.80. The molecule has 0 aliphatic heterocycles. The maximum Gasteiger partial charge on any atom is 0.260 e. The molecule has 1 N–H and O–H groups in total. The van der Waals surface area contributed by atoms with Gasteiger partial charge in [0.25, 0.3) is 5.91 Å². The van der Waals surface area contributed by atoms with Crippen LogP contribution in [-0.4, -0.2) is 25.7 Å². The van der Waals surface area contributed by atoms with Crippen LogP contribution in [0.15, 0.2) is 42.5 Å². The lowest BCUT2D eigenvalue weighted by Crippen LogP contribution is -2.37. The van der Waals surface area contributed by atoms with Gasteiger partial charge in [0.15, 0.2) is 6.10 Å². The van der Waals surface area contributed by atoms with E-state index in [1.807, 2.05) is 24.3 Å². The summed E-state index contributed by atoms with van der Waals surface area (Å²) in [6.07, 6.45) is 0.0845. The van der Waals surface area contributed by atoms with Gasteiger partial charge in [-0.3, -0.25) is 4.79 Å². The van der Waals surface area contributed by atoms with Crippen LogP contribution in [0.2, 0.25) is 10.0 Å². The molecule has 2 aromatic rings. The minimum atomic E-state index is -0.643. The number of amides is 1. The van der Waals surface area contributed by atoms with Gasteiger partial charge in [-0.2, -0.15) is 0 Å². The highest BCUT2D eigenvalue weighted by Crippen LogP contribution is 2.24. The summed E-state index contributed by atoms with van der Waals surface area (Å²) in [6, 6.07) is 12.6. The van der Waals surface area contributed by atoms with Gasteiger partial charge in [0.05, 0.1) is 7.11 Å². The molecule has 0 aliphatic rings. The molecule has 0 radical (unpaired) electrons. The van der Waals surface area contributed by atoms with Crippen LogP contribution in [0.1, 0.15) is 12.5 Å². The second-order valence-electron chi connectivity index (χ2n) is 5.25. The Hall–Kier alpha value is -1.91. The zero-order valence-electron chi connectivity index (χ0n) is 13.5. The van der Waals surface area contributed by atoms with Gasteiger partial charge >= 0.3 is 0 Å². The van der Waals surface area contributed by atoms with Crippen LogP contribution in [0, 0.1) is 0 Å². The lowest BCUT2D eigenvalue weighted by atomic mass is 10.1. The van der Waals surface area contributed by atoms with Crippen LogP contribution in [0.3, 0.4) is 0 Å². The van der Waals surface area contributed by atoms with E-state index < -0.39 is 6.10 Å². The molecule has 0 bridgehead atoms. The molecule has 2 aromatic carbocycles. The lowest BCUT2D eigenvalue weighted by molar-refractivity contribution is -0.127. The number of rotatable bonds is 7. The minimum absolute atomic E-state index is 0.195. The van der Waals surface area contributed by atoms with Crippen molar-refractivity contribution in [2.75, 3.05) is 13.7 Å². The highest BCUT2D eigenvalue weighted by molar-refractivity contribution is 6.34. The van der Waals surface area contributed by atoms with Gasteiger partial charge in [-0.15, -0.1) is 0 Å². The van der Waals surface area contributed by atoms with Gasteiger partial charge in [-0.25, -0.2) is 0 Å². The van der Waals surface area contributed by atoms with Crippen LogP contribution in [0.25, 0.3) is 0 Å². The van der Waals surface area contributed by atoms with E-state index >= 15 is 0 Å². The standard InChI is InChI=1S/C18H19Cl2NO3/c1-12(24-17-10-14(19)9-15(20)11-17)18(22)21-8-7-13-3-5-16(23-2)6-4-13/h3-6,9-12H,7-8H2,1-2H3,(H,21,22)/t12-/m0/s1. The average Bonchev–Trinajstić information content (AvgIpc) is 2.54. The predicted octanol–water partition coefficient (Wildman–Crippen LogP) is 4.13. The first kappa shape index (κ1) is 18.4. The van der Waals surface area contributed by atoms with Crippen LogP contribution >= 0.6 is 23.2 Å². The van der Waals surface area contributed by atoms with Gasteiger partial charge in [0.1, 0.15) is 11.5 Å². The monoisotopic (exact) mass is 367 g/mol. The molecule has 0 spiro atoms. The molecular weight excluding hydrogens is 349 g/mol. The van der Waals surface area contributed by atoms with Crippen molar-refractivity contribution in [1.82, 2.24) is 5.32 Å². The van der Waals surface area contributed by atoms with Crippen molar-refractivity contribution in [3.8, 4) is 11.5 Å². The zero-order valence-corrected chi connectivity index (χ0v) is 15.0. The largest absolute Gasteiger partial charge is 0.497 e. The SMILES string of the molecule is COc1ccc(CCNC(=O)[C@H](C)Oc2cc(Cl)cc(Cl)c2)cc1. The molecule has 1 atom stereocenters.